The number of nitrogens with zero attached hydrogens (tertiary/aromatic N) is 5. The number of nitro benzene ring substituents is 1. The fourth-order valence-electron chi connectivity index (χ4n) is 3.57. The normalized spacial score (nSPS) is 19.6. The van der Waals surface area contributed by atoms with E-state index in [4.69, 9.17) is 0 Å². The van der Waals surface area contributed by atoms with Gasteiger partial charge in [0.05, 0.1) is 4.92 Å². The molecule has 0 spiro atoms. The number of hydrogen-bond acceptors (Lipinski definition) is 6. The number of carbonyl (C=O) groups is 1. The van der Waals surface area contributed by atoms with Crippen molar-refractivity contribution in [2.24, 2.45) is 0 Å². The average Bonchev–Trinajstić information content (AvgIpc) is 2.67. The van der Waals surface area contributed by atoms with Gasteiger partial charge in [-0.25, -0.2) is 0 Å². The second-order valence-corrected chi connectivity index (χ2v) is 6.98. The van der Waals surface area contributed by atoms with Crippen LogP contribution >= 0.6 is 0 Å². The van der Waals surface area contributed by atoms with E-state index < -0.39 is 0 Å². The first kappa shape index (κ1) is 18.6. The van der Waals surface area contributed by atoms with E-state index in [1.54, 1.807) is 17.0 Å². The van der Waals surface area contributed by atoms with Crippen molar-refractivity contribution >= 4 is 17.3 Å². The predicted molar refractivity (Wildman–Crippen MR) is 101 cm³/mol. The maximum Gasteiger partial charge on any atom is 0.293 e. The van der Waals surface area contributed by atoms with Gasteiger partial charge in [0.25, 0.3) is 11.6 Å². The molecule has 0 aliphatic carbocycles. The summed E-state index contributed by atoms with van der Waals surface area (Å²) in [6.07, 6.45) is 0. The highest BCUT2D eigenvalue weighted by Gasteiger charge is 2.27. The van der Waals surface area contributed by atoms with Crippen LogP contribution in [0.15, 0.2) is 18.2 Å². The standard InChI is InChI=1S/C18H27N5O3/c1-3-20-8-12-22(13-9-20)18(24)15-4-5-16(17(14-15)23(25)26)21-10-6-19(2)7-11-21/h4-5,14H,3,6-13H2,1-2H3. The summed E-state index contributed by atoms with van der Waals surface area (Å²) in [5.41, 5.74) is 1.03. The van der Waals surface area contributed by atoms with Crippen molar-refractivity contribution in [2.45, 2.75) is 6.92 Å². The quantitative estimate of drug-likeness (QED) is 0.591. The maximum atomic E-state index is 12.8. The van der Waals surface area contributed by atoms with Gasteiger partial charge in [0, 0.05) is 64.0 Å². The topological polar surface area (TPSA) is 73.2 Å². The molecule has 8 nitrogen and oxygen atoms in total. The minimum atomic E-state index is -0.376. The molecule has 2 aliphatic heterocycles. The summed E-state index contributed by atoms with van der Waals surface area (Å²) in [4.78, 5) is 32.3. The lowest BCUT2D eigenvalue weighted by molar-refractivity contribution is -0.384. The third kappa shape index (κ3) is 3.96. The Morgan fingerprint density at radius 1 is 1.08 bits per heavy atom. The Morgan fingerprint density at radius 2 is 1.73 bits per heavy atom. The van der Waals surface area contributed by atoms with E-state index in [0.29, 0.717) is 24.3 Å². The van der Waals surface area contributed by atoms with Crippen molar-refractivity contribution < 1.29 is 9.72 Å². The van der Waals surface area contributed by atoms with Gasteiger partial charge in [0.2, 0.25) is 0 Å². The van der Waals surface area contributed by atoms with Gasteiger partial charge in [-0.05, 0) is 25.7 Å². The van der Waals surface area contributed by atoms with Crippen molar-refractivity contribution in [3.05, 3.63) is 33.9 Å². The Morgan fingerprint density at radius 3 is 2.31 bits per heavy atom. The van der Waals surface area contributed by atoms with E-state index in [0.717, 1.165) is 45.8 Å². The lowest BCUT2D eigenvalue weighted by Crippen LogP contribution is -2.48. The highest BCUT2D eigenvalue weighted by molar-refractivity contribution is 5.96. The van der Waals surface area contributed by atoms with Crippen LogP contribution in [0.25, 0.3) is 0 Å². The van der Waals surface area contributed by atoms with Crippen molar-refractivity contribution in [1.82, 2.24) is 14.7 Å². The lowest BCUT2D eigenvalue weighted by atomic mass is 10.1. The number of likely N-dealkylation sites (N-methyl/N-ethyl adjacent to an activating group) is 2. The fraction of sp³-hybridized carbons (Fsp3) is 0.611. The number of piperazine rings is 2. The molecule has 0 radical (unpaired) electrons. The van der Waals surface area contributed by atoms with E-state index in [1.807, 2.05) is 11.9 Å². The Bertz CT molecular complexity index is 665. The first-order valence-electron chi connectivity index (χ1n) is 9.23. The van der Waals surface area contributed by atoms with Crippen molar-refractivity contribution in [3.63, 3.8) is 0 Å². The molecule has 2 heterocycles. The molecule has 2 aliphatic rings. The Balaban J connectivity index is 1.78. The first-order chi connectivity index (χ1) is 12.5. The maximum absolute atomic E-state index is 12.8. The van der Waals surface area contributed by atoms with Gasteiger partial charge < -0.3 is 19.6 Å². The van der Waals surface area contributed by atoms with Gasteiger partial charge in [-0.15, -0.1) is 0 Å². The molecule has 3 rings (SSSR count). The number of rotatable bonds is 4. The smallest absolute Gasteiger partial charge is 0.293 e. The second-order valence-electron chi connectivity index (χ2n) is 6.98. The molecule has 2 fully saturated rings. The van der Waals surface area contributed by atoms with Crippen LogP contribution < -0.4 is 4.90 Å². The van der Waals surface area contributed by atoms with E-state index >= 15 is 0 Å². The number of hydrogen-bond donors (Lipinski definition) is 0. The highest BCUT2D eigenvalue weighted by atomic mass is 16.6. The fourth-order valence-corrected chi connectivity index (χ4v) is 3.57. The Labute approximate surface area is 154 Å². The SMILES string of the molecule is CCN1CCN(C(=O)c2ccc(N3CCN(C)CC3)c([N+](=O)[O-])c2)CC1. The van der Waals surface area contributed by atoms with Gasteiger partial charge in [-0.2, -0.15) is 0 Å². The minimum absolute atomic E-state index is 0.0209. The molecule has 0 aromatic heterocycles. The summed E-state index contributed by atoms with van der Waals surface area (Å²) in [6.45, 7) is 9.38. The summed E-state index contributed by atoms with van der Waals surface area (Å²) >= 11 is 0. The predicted octanol–water partition coefficient (Wildman–Crippen LogP) is 1.12. The molecule has 2 saturated heterocycles. The van der Waals surface area contributed by atoms with E-state index in [-0.39, 0.29) is 16.5 Å². The van der Waals surface area contributed by atoms with Gasteiger partial charge in [0.1, 0.15) is 5.69 Å². The van der Waals surface area contributed by atoms with Crippen LogP contribution in [0.1, 0.15) is 17.3 Å². The van der Waals surface area contributed by atoms with E-state index in [2.05, 4.69) is 16.7 Å². The molecule has 0 N–H and O–H groups in total. The second kappa shape index (κ2) is 8.01. The van der Waals surface area contributed by atoms with Crippen LogP contribution in [0.5, 0.6) is 0 Å². The zero-order valence-corrected chi connectivity index (χ0v) is 15.6. The van der Waals surface area contributed by atoms with Crippen LogP contribution in [0.3, 0.4) is 0 Å². The minimum Gasteiger partial charge on any atom is -0.363 e. The third-order valence-electron chi connectivity index (χ3n) is 5.37. The van der Waals surface area contributed by atoms with E-state index in [1.165, 1.54) is 6.07 Å². The molecule has 26 heavy (non-hydrogen) atoms. The summed E-state index contributed by atoms with van der Waals surface area (Å²) in [5.74, 6) is -0.117. The first-order valence-corrected chi connectivity index (χ1v) is 9.23. The van der Waals surface area contributed by atoms with Crippen LogP contribution in [-0.2, 0) is 0 Å². The van der Waals surface area contributed by atoms with Gasteiger partial charge in [0.15, 0.2) is 0 Å². The molecule has 0 saturated carbocycles. The number of amides is 1. The van der Waals surface area contributed by atoms with E-state index in [9.17, 15) is 14.9 Å². The molecule has 1 aromatic rings. The van der Waals surface area contributed by atoms with Crippen LogP contribution in [-0.4, -0.2) is 91.5 Å². The van der Waals surface area contributed by atoms with Crippen LogP contribution in [0.4, 0.5) is 11.4 Å². The molecular formula is C18H27N5O3. The Kier molecular flexibility index (Phi) is 5.73. The number of benzene rings is 1. The van der Waals surface area contributed by atoms with Gasteiger partial charge in [-0.3, -0.25) is 14.9 Å². The molecule has 142 valence electrons. The zero-order valence-electron chi connectivity index (χ0n) is 15.6. The van der Waals surface area contributed by atoms with Crippen molar-refractivity contribution in [3.8, 4) is 0 Å². The molecule has 0 unspecified atom stereocenters. The summed E-state index contributed by atoms with van der Waals surface area (Å²) in [7, 11) is 2.05. The molecule has 0 bridgehead atoms. The highest BCUT2D eigenvalue weighted by Crippen LogP contribution is 2.30. The van der Waals surface area contributed by atoms with Gasteiger partial charge >= 0.3 is 0 Å². The van der Waals surface area contributed by atoms with Crippen molar-refractivity contribution in [1.29, 1.82) is 0 Å². The third-order valence-corrected chi connectivity index (χ3v) is 5.37. The van der Waals surface area contributed by atoms with Gasteiger partial charge in [-0.1, -0.05) is 6.92 Å². The summed E-state index contributed by atoms with van der Waals surface area (Å²) in [6, 6.07) is 4.91. The Hall–Kier alpha value is -2.19. The zero-order chi connectivity index (χ0) is 18.7. The monoisotopic (exact) mass is 361 g/mol. The molecule has 0 atom stereocenters. The molecule has 1 aromatic carbocycles. The number of nitro groups is 1. The summed E-state index contributed by atoms with van der Waals surface area (Å²) < 4.78 is 0. The van der Waals surface area contributed by atoms with Crippen LogP contribution in [0.2, 0.25) is 0 Å². The largest absolute Gasteiger partial charge is 0.363 e. The number of carbonyl (C=O) groups excluding carboxylic acids is 1. The average molecular weight is 361 g/mol. The molecular weight excluding hydrogens is 334 g/mol. The molecule has 8 heteroatoms. The molecule has 1 amide bonds. The van der Waals surface area contributed by atoms with Crippen molar-refractivity contribution in [2.75, 3.05) is 70.9 Å². The number of anilines is 1. The van der Waals surface area contributed by atoms with Crippen LogP contribution in [0, 0.1) is 10.1 Å². The lowest BCUT2D eigenvalue weighted by Gasteiger charge is -2.34. The summed E-state index contributed by atoms with van der Waals surface area (Å²) in [5, 5.41) is 11.6.